The van der Waals surface area contributed by atoms with Gasteiger partial charge in [-0.25, -0.2) is 14.8 Å². The maximum Gasteiger partial charge on any atom is 0.328 e. The van der Waals surface area contributed by atoms with Crippen LogP contribution in [-0.2, 0) is 14.3 Å². The van der Waals surface area contributed by atoms with Crippen molar-refractivity contribution in [2.24, 2.45) is 5.92 Å². The van der Waals surface area contributed by atoms with Crippen LogP contribution in [-0.4, -0.2) is 60.1 Å². The predicted molar refractivity (Wildman–Crippen MR) is 116 cm³/mol. The summed E-state index contributed by atoms with van der Waals surface area (Å²) in [4.78, 5) is 36.1. The number of rotatable bonds is 7. The van der Waals surface area contributed by atoms with Gasteiger partial charge in [-0.15, -0.1) is 0 Å². The lowest BCUT2D eigenvalue weighted by Gasteiger charge is -2.32. The number of methoxy groups -OCH3 is 1. The zero-order valence-electron chi connectivity index (χ0n) is 17.2. The zero-order chi connectivity index (χ0) is 20.8. The highest BCUT2D eigenvalue weighted by Crippen LogP contribution is 2.24. The fraction of sp³-hybridized carbons (Fsp3) is 0.524. The number of nitrogens with one attached hydrogen (secondary N) is 1. The summed E-state index contributed by atoms with van der Waals surface area (Å²) in [6.45, 7) is 3.42. The molecule has 1 aliphatic rings. The van der Waals surface area contributed by atoms with Gasteiger partial charge < -0.3 is 15.0 Å². The summed E-state index contributed by atoms with van der Waals surface area (Å²) in [6.07, 6.45) is 3.96. The molecule has 1 aromatic carbocycles. The van der Waals surface area contributed by atoms with Crippen LogP contribution in [0.3, 0.4) is 0 Å². The number of ether oxygens (including phenoxy) is 1. The van der Waals surface area contributed by atoms with Crippen molar-refractivity contribution in [1.29, 1.82) is 0 Å². The molecule has 0 unspecified atom stereocenters. The topological polar surface area (TPSA) is 84.4 Å². The Balaban J connectivity index is 1.61. The highest BCUT2D eigenvalue weighted by atomic mass is 32.2. The molecule has 0 bridgehead atoms. The number of para-hydroxylation sites is 1. The van der Waals surface area contributed by atoms with Crippen molar-refractivity contribution >= 4 is 40.5 Å². The van der Waals surface area contributed by atoms with Crippen LogP contribution >= 0.6 is 11.8 Å². The van der Waals surface area contributed by atoms with Gasteiger partial charge in [-0.05, 0) is 44.3 Å². The molecule has 1 fully saturated rings. The SMILES string of the molecule is COC(=O)[C@H](CCSC)NC(=O)C1CCN(c2nc(C)c3ccccc3n2)CC1. The molecule has 1 aromatic heterocycles. The van der Waals surface area contributed by atoms with Crippen LogP contribution in [0.15, 0.2) is 24.3 Å². The number of aromatic nitrogens is 2. The summed E-state index contributed by atoms with van der Waals surface area (Å²) in [6, 6.07) is 7.41. The predicted octanol–water partition coefficient (Wildman–Crippen LogP) is 2.57. The summed E-state index contributed by atoms with van der Waals surface area (Å²) in [5.74, 6) is 0.931. The third-order valence-electron chi connectivity index (χ3n) is 5.34. The molecule has 156 valence electrons. The summed E-state index contributed by atoms with van der Waals surface area (Å²) < 4.78 is 4.83. The van der Waals surface area contributed by atoms with Gasteiger partial charge in [-0.3, -0.25) is 4.79 Å². The quantitative estimate of drug-likeness (QED) is 0.695. The van der Waals surface area contributed by atoms with Crippen LogP contribution in [0.4, 0.5) is 5.95 Å². The van der Waals surface area contributed by atoms with Crippen LogP contribution in [0, 0.1) is 12.8 Å². The number of fused-ring (bicyclic) bond motifs is 1. The number of aryl methyl sites for hydroxylation is 1. The summed E-state index contributed by atoms with van der Waals surface area (Å²) in [5.41, 5.74) is 1.89. The number of hydrogen-bond acceptors (Lipinski definition) is 7. The summed E-state index contributed by atoms with van der Waals surface area (Å²) >= 11 is 1.64. The van der Waals surface area contributed by atoms with Crippen molar-refractivity contribution in [1.82, 2.24) is 15.3 Å². The highest BCUT2D eigenvalue weighted by Gasteiger charge is 2.29. The van der Waals surface area contributed by atoms with Gasteiger partial charge in [0.15, 0.2) is 0 Å². The number of carbonyl (C=O) groups is 2. The molecule has 1 aliphatic heterocycles. The van der Waals surface area contributed by atoms with Gasteiger partial charge in [0.2, 0.25) is 11.9 Å². The van der Waals surface area contributed by atoms with E-state index < -0.39 is 6.04 Å². The lowest BCUT2D eigenvalue weighted by Crippen LogP contribution is -2.47. The minimum absolute atomic E-state index is 0.0724. The molecule has 1 N–H and O–H groups in total. The maximum atomic E-state index is 12.7. The summed E-state index contributed by atoms with van der Waals surface area (Å²) in [7, 11) is 1.35. The minimum atomic E-state index is -0.579. The number of piperidine rings is 1. The Labute approximate surface area is 175 Å². The Hall–Kier alpha value is -2.35. The second-order valence-electron chi connectivity index (χ2n) is 7.25. The average Bonchev–Trinajstić information content (AvgIpc) is 2.76. The Morgan fingerprint density at radius 1 is 1.28 bits per heavy atom. The van der Waals surface area contributed by atoms with Gasteiger partial charge in [0.1, 0.15) is 6.04 Å². The van der Waals surface area contributed by atoms with Gasteiger partial charge in [-0.1, -0.05) is 18.2 Å². The molecule has 2 aromatic rings. The molecule has 29 heavy (non-hydrogen) atoms. The number of hydrogen-bond donors (Lipinski definition) is 1. The molecule has 0 aliphatic carbocycles. The number of benzene rings is 1. The van der Waals surface area contributed by atoms with Crippen molar-refractivity contribution in [3.63, 3.8) is 0 Å². The lowest BCUT2D eigenvalue weighted by atomic mass is 9.95. The van der Waals surface area contributed by atoms with Gasteiger partial charge in [0.25, 0.3) is 0 Å². The standard InChI is InChI=1S/C21H28N4O3S/c1-14-16-6-4-5-7-17(16)24-21(22-14)25-11-8-15(9-12-25)19(26)23-18(10-13-29-3)20(27)28-2/h4-7,15,18H,8-13H2,1-3H3,(H,23,26)/t18-/m0/s1. The van der Waals surface area contributed by atoms with E-state index in [1.165, 1.54) is 7.11 Å². The van der Waals surface area contributed by atoms with Crippen LogP contribution in [0.2, 0.25) is 0 Å². The third-order valence-corrected chi connectivity index (χ3v) is 5.99. The fourth-order valence-corrected chi connectivity index (χ4v) is 4.09. The van der Waals surface area contributed by atoms with E-state index in [1.807, 2.05) is 37.4 Å². The molecule has 7 nitrogen and oxygen atoms in total. The van der Waals surface area contributed by atoms with E-state index in [2.05, 4.69) is 15.2 Å². The van der Waals surface area contributed by atoms with E-state index >= 15 is 0 Å². The van der Waals surface area contributed by atoms with Crippen LogP contribution in [0.5, 0.6) is 0 Å². The first-order chi connectivity index (χ1) is 14.0. The summed E-state index contributed by atoms with van der Waals surface area (Å²) in [5, 5.41) is 3.94. The van der Waals surface area contributed by atoms with Crippen molar-refractivity contribution in [3.8, 4) is 0 Å². The second-order valence-corrected chi connectivity index (χ2v) is 8.24. The van der Waals surface area contributed by atoms with Gasteiger partial charge >= 0.3 is 5.97 Å². The van der Waals surface area contributed by atoms with E-state index in [0.29, 0.717) is 38.3 Å². The van der Waals surface area contributed by atoms with Gasteiger partial charge in [0.05, 0.1) is 18.3 Å². The molecule has 0 saturated carbocycles. The van der Waals surface area contributed by atoms with Crippen LogP contribution < -0.4 is 10.2 Å². The Bertz CT molecular complexity index is 868. The average molecular weight is 417 g/mol. The largest absolute Gasteiger partial charge is 0.467 e. The van der Waals surface area contributed by atoms with E-state index in [-0.39, 0.29) is 17.8 Å². The first-order valence-electron chi connectivity index (χ1n) is 9.89. The Morgan fingerprint density at radius 3 is 2.69 bits per heavy atom. The second kappa shape index (κ2) is 9.91. The van der Waals surface area contributed by atoms with Crippen molar-refractivity contribution in [3.05, 3.63) is 30.0 Å². The number of carbonyl (C=O) groups excluding carboxylic acids is 2. The molecule has 3 rings (SSSR count). The highest BCUT2D eigenvalue weighted by molar-refractivity contribution is 7.98. The number of amides is 1. The van der Waals surface area contributed by atoms with Crippen molar-refractivity contribution < 1.29 is 14.3 Å². The van der Waals surface area contributed by atoms with Crippen LogP contribution in [0.25, 0.3) is 10.9 Å². The Morgan fingerprint density at radius 2 is 2.00 bits per heavy atom. The first-order valence-corrected chi connectivity index (χ1v) is 11.3. The van der Waals surface area contributed by atoms with E-state index in [9.17, 15) is 9.59 Å². The number of esters is 1. The molecule has 0 spiro atoms. The smallest absolute Gasteiger partial charge is 0.328 e. The molecule has 1 atom stereocenters. The Kier molecular flexibility index (Phi) is 7.30. The van der Waals surface area contributed by atoms with Crippen LogP contribution in [0.1, 0.15) is 25.0 Å². The number of thioether (sulfide) groups is 1. The molecule has 2 heterocycles. The van der Waals surface area contributed by atoms with E-state index in [4.69, 9.17) is 9.72 Å². The van der Waals surface area contributed by atoms with Gasteiger partial charge in [0, 0.05) is 24.4 Å². The third kappa shape index (κ3) is 5.18. The fourth-order valence-electron chi connectivity index (χ4n) is 3.62. The number of nitrogens with zero attached hydrogens (tertiary/aromatic N) is 3. The monoisotopic (exact) mass is 416 g/mol. The molecule has 1 saturated heterocycles. The van der Waals surface area contributed by atoms with E-state index in [0.717, 1.165) is 22.3 Å². The maximum absolute atomic E-state index is 12.7. The van der Waals surface area contributed by atoms with E-state index in [1.54, 1.807) is 11.8 Å². The molecular formula is C21H28N4O3S. The minimum Gasteiger partial charge on any atom is -0.467 e. The lowest BCUT2D eigenvalue weighted by molar-refractivity contribution is -0.145. The van der Waals surface area contributed by atoms with Crippen molar-refractivity contribution in [2.75, 3.05) is 37.1 Å². The molecule has 1 amide bonds. The van der Waals surface area contributed by atoms with Gasteiger partial charge in [-0.2, -0.15) is 11.8 Å². The first kappa shape index (κ1) is 21.4. The van der Waals surface area contributed by atoms with Crippen molar-refractivity contribution in [2.45, 2.75) is 32.2 Å². The molecular weight excluding hydrogens is 388 g/mol. The zero-order valence-corrected chi connectivity index (χ0v) is 18.0. The number of anilines is 1. The molecule has 8 heteroatoms. The molecule has 0 radical (unpaired) electrons. The normalized spacial score (nSPS) is 15.9.